The maximum absolute atomic E-state index is 13.7. The molecule has 2 atom stereocenters. The van der Waals surface area contributed by atoms with Gasteiger partial charge in [-0.15, -0.1) is 0 Å². The molecule has 2 aromatic carbocycles. The van der Waals surface area contributed by atoms with Crippen LogP contribution in [0.5, 0.6) is 5.88 Å². The summed E-state index contributed by atoms with van der Waals surface area (Å²) in [5.74, 6) is -1.83. The number of hydrogen-bond donors (Lipinski definition) is 3. The summed E-state index contributed by atoms with van der Waals surface area (Å²) in [5, 5.41) is 8.96. The number of rotatable bonds is 7. The average molecular weight is 501 g/mol. The molecule has 12 heteroatoms. The van der Waals surface area contributed by atoms with Crippen LogP contribution >= 0.6 is 23.2 Å². The number of aromatic nitrogens is 2. The van der Waals surface area contributed by atoms with Crippen LogP contribution in [-0.4, -0.2) is 33.3 Å². The van der Waals surface area contributed by atoms with Crippen LogP contribution < -0.4 is 16.2 Å². The molecule has 5 N–H and O–H groups in total. The number of aliphatic carboxylic acids is 1. The van der Waals surface area contributed by atoms with Crippen molar-refractivity contribution >= 4 is 35.1 Å². The van der Waals surface area contributed by atoms with E-state index in [4.69, 9.17) is 44.5 Å². The van der Waals surface area contributed by atoms with Crippen LogP contribution in [0.2, 0.25) is 10.0 Å². The summed E-state index contributed by atoms with van der Waals surface area (Å²) in [7, 11) is 0. The second kappa shape index (κ2) is 9.82. The minimum atomic E-state index is -4.79. The fourth-order valence-corrected chi connectivity index (χ4v) is 3.23. The minimum absolute atomic E-state index is 0.0578. The summed E-state index contributed by atoms with van der Waals surface area (Å²) in [4.78, 5) is 18.7. The van der Waals surface area contributed by atoms with Crippen LogP contribution in [-0.2, 0) is 11.2 Å². The molecule has 2 unspecified atom stereocenters. The molecule has 3 aromatic rings. The Hall–Kier alpha value is -3.08. The van der Waals surface area contributed by atoms with Gasteiger partial charge in [0.1, 0.15) is 6.04 Å². The number of nitrogens with zero attached hydrogens (tertiary/aromatic N) is 2. The van der Waals surface area contributed by atoms with Crippen molar-refractivity contribution in [2.45, 2.75) is 24.7 Å². The highest BCUT2D eigenvalue weighted by atomic mass is 35.5. The van der Waals surface area contributed by atoms with Gasteiger partial charge in [0.25, 0.3) is 0 Å². The molecule has 7 nitrogen and oxygen atoms in total. The number of nitrogen functional groups attached to an aromatic ring is 1. The summed E-state index contributed by atoms with van der Waals surface area (Å²) in [6.45, 7) is 0. The average Bonchev–Trinajstić information content (AvgIpc) is 2.73. The Labute approximate surface area is 196 Å². The van der Waals surface area contributed by atoms with Gasteiger partial charge in [-0.2, -0.15) is 18.2 Å². The van der Waals surface area contributed by atoms with Crippen LogP contribution in [0.3, 0.4) is 0 Å². The summed E-state index contributed by atoms with van der Waals surface area (Å²) in [6.07, 6.45) is -7.07. The van der Waals surface area contributed by atoms with Gasteiger partial charge in [0.2, 0.25) is 17.9 Å². The van der Waals surface area contributed by atoms with Crippen molar-refractivity contribution in [1.29, 1.82) is 0 Å². The Morgan fingerprint density at radius 1 is 1.06 bits per heavy atom. The molecule has 0 saturated carbocycles. The first-order valence-electron chi connectivity index (χ1n) is 9.34. The van der Waals surface area contributed by atoms with Crippen molar-refractivity contribution in [3.05, 3.63) is 69.7 Å². The molecule has 0 aliphatic rings. The van der Waals surface area contributed by atoms with Gasteiger partial charge >= 0.3 is 12.1 Å². The Morgan fingerprint density at radius 3 is 2.30 bits per heavy atom. The van der Waals surface area contributed by atoms with Crippen LogP contribution in [0.4, 0.5) is 19.1 Å². The van der Waals surface area contributed by atoms with Crippen LogP contribution in [0.25, 0.3) is 11.3 Å². The molecule has 1 heterocycles. The number of carboxylic acids is 1. The predicted molar refractivity (Wildman–Crippen MR) is 117 cm³/mol. The largest absolute Gasteiger partial charge is 0.480 e. The second-order valence-electron chi connectivity index (χ2n) is 7.01. The molecule has 0 bridgehead atoms. The normalized spacial score (nSPS) is 13.4. The van der Waals surface area contributed by atoms with E-state index in [0.717, 1.165) is 12.1 Å². The van der Waals surface area contributed by atoms with Gasteiger partial charge in [0.15, 0.2) is 0 Å². The van der Waals surface area contributed by atoms with Gasteiger partial charge in [-0.1, -0.05) is 53.5 Å². The first-order chi connectivity index (χ1) is 15.4. The second-order valence-corrected chi connectivity index (χ2v) is 7.82. The van der Waals surface area contributed by atoms with Gasteiger partial charge in [0.05, 0.1) is 15.7 Å². The number of ether oxygens (including phenoxy) is 1. The van der Waals surface area contributed by atoms with Gasteiger partial charge in [-0.3, -0.25) is 4.79 Å². The molecule has 0 aliphatic heterocycles. The Balaban J connectivity index is 1.90. The number of anilines is 1. The van der Waals surface area contributed by atoms with Gasteiger partial charge in [-0.05, 0) is 24.1 Å². The predicted octanol–water partition coefficient (Wildman–Crippen LogP) is 4.67. The zero-order chi connectivity index (χ0) is 24.3. The maximum atomic E-state index is 13.7. The van der Waals surface area contributed by atoms with E-state index in [1.807, 2.05) is 0 Å². The van der Waals surface area contributed by atoms with E-state index in [0.29, 0.717) is 11.1 Å². The summed E-state index contributed by atoms with van der Waals surface area (Å²) in [6, 6.07) is 10.1. The summed E-state index contributed by atoms with van der Waals surface area (Å²) >= 11 is 11.7. The highest BCUT2D eigenvalue weighted by Gasteiger charge is 2.43. The molecule has 0 aliphatic carbocycles. The number of hydrogen-bond acceptors (Lipinski definition) is 6. The van der Waals surface area contributed by atoms with Crippen molar-refractivity contribution in [1.82, 2.24) is 9.97 Å². The van der Waals surface area contributed by atoms with E-state index >= 15 is 0 Å². The molecule has 1 aromatic heterocycles. The number of halogens is 5. The minimum Gasteiger partial charge on any atom is -0.480 e. The molecule has 0 saturated heterocycles. The van der Waals surface area contributed by atoms with Gasteiger partial charge < -0.3 is 21.3 Å². The highest BCUT2D eigenvalue weighted by molar-refractivity contribution is 6.42. The summed E-state index contributed by atoms with van der Waals surface area (Å²) in [5.41, 5.74) is 12.3. The SMILES string of the molecule is Nc1nc(OC(c2ccc(Cl)c(Cl)c2)C(F)(F)F)cc(-c2ccc(CC(N)C(=O)O)cc2)n1. The zero-order valence-corrected chi connectivity index (χ0v) is 18.2. The lowest BCUT2D eigenvalue weighted by atomic mass is 10.0. The number of benzene rings is 2. The Kier molecular flexibility index (Phi) is 7.31. The van der Waals surface area contributed by atoms with Crippen molar-refractivity contribution in [3.8, 4) is 17.1 Å². The van der Waals surface area contributed by atoms with Crippen LogP contribution in [0.1, 0.15) is 17.2 Å². The molecule has 174 valence electrons. The molecule has 0 amide bonds. The maximum Gasteiger partial charge on any atom is 0.429 e. The number of nitrogens with two attached hydrogens (primary N) is 2. The van der Waals surface area contributed by atoms with E-state index < -0.39 is 30.2 Å². The number of carbonyl (C=O) groups is 1. The van der Waals surface area contributed by atoms with E-state index in [1.165, 1.54) is 12.1 Å². The molecule has 33 heavy (non-hydrogen) atoms. The van der Waals surface area contributed by atoms with Crippen LogP contribution in [0, 0.1) is 0 Å². The van der Waals surface area contributed by atoms with Crippen molar-refractivity contribution in [2.24, 2.45) is 5.73 Å². The number of carboxylic acid groups (broad SMARTS) is 1. The van der Waals surface area contributed by atoms with E-state index in [1.54, 1.807) is 24.3 Å². The third kappa shape index (κ3) is 6.25. The molecular formula is C21H17Cl2F3N4O3. The molecule has 3 rings (SSSR count). The molecule has 0 radical (unpaired) electrons. The summed E-state index contributed by atoms with van der Waals surface area (Å²) < 4.78 is 46.3. The lowest BCUT2D eigenvalue weighted by molar-refractivity contribution is -0.198. The van der Waals surface area contributed by atoms with Crippen molar-refractivity contribution in [2.75, 3.05) is 5.73 Å². The fraction of sp³-hybridized carbons (Fsp3) is 0.190. The van der Waals surface area contributed by atoms with E-state index in [2.05, 4.69) is 9.97 Å². The smallest absolute Gasteiger partial charge is 0.429 e. The molecular weight excluding hydrogens is 484 g/mol. The van der Waals surface area contributed by atoms with Crippen LogP contribution in [0.15, 0.2) is 48.5 Å². The Bertz CT molecular complexity index is 1160. The fourth-order valence-electron chi connectivity index (χ4n) is 2.92. The zero-order valence-electron chi connectivity index (χ0n) is 16.7. The third-order valence-corrected chi connectivity index (χ3v) is 5.26. The Morgan fingerprint density at radius 2 is 1.73 bits per heavy atom. The lowest BCUT2D eigenvalue weighted by Crippen LogP contribution is -2.32. The van der Waals surface area contributed by atoms with Gasteiger partial charge in [0, 0.05) is 17.2 Å². The van der Waals surface area contributed by atoms with Crippen molar-refractivity contribution in [3.63, 3.8) is 0 Å². The first kappa shape index (κ1) is 24.6. The van der Waals surface area contributed by atoms with Gasteiger partial charge in [-0.25, -0.2) is 4.98 Å². The topological polar surface area (TPSA) is 124 Å². The van der Waals surface area contributed by atoms with E-state index in [-0.39, 0.29) is 33.7 Å². The lowest BCUT2D eigenvalue weighted by Gasteiger charge is -2.22. The highest BCUT2D eigenvalue weighted by Crippen LogP contribution is 2.39. The molecule has 0 spiro atoms. The number of alkyl halides is 3. The third-order valence-electron chi connectivity index (χ3n) is 4.52. The standard InChI is InChI=1S/C21H17Cl2F3N4O3/c22-13-6-5-12(8-14(13)23)18(21(24,25)26)33-17-9-16(29-20(28)30-17)11-3-1-10(2-4-11)7-15(27)19(31)32/h1-6,8-9,15,18H,7,27H2,(H,31,32)(H2,28,29,30). The molecule has 0 fully saturated rings. The monoisotopic (exact) mass is 500 g/mol. The van der Waals surface area contributed by atoms with E-state index in [9.17, 15) is 18.0 Å². The quantitative estimate of drug-likeness (QED) is 0.430. The van der Waals surface area contributed by atoms with Crippen molar-refractivity contribution < 1.29 is 27.8 Å². The first-order valence-corrected chi connectivity index (χ1v) is 10.1.